The second kappa shape index (κ2) is 2.88. The molecule has 2 aromatic heterocycles. The number of nitrogens with zero attached hydrogens (tertiary/aromatic N) is 1. The van der Waals surface area contributed by atoms with Crippen LogP contribution in [0.25, 0.3) is 10.2 Å². The van der Waals surface area contributed by atoms with Crippen molar-refractivity contribution in [2.24, 2.45) is 0 Å². The summed E-state index contributed by atoms with van der Waals surface area (Å²) in [5.41, 5.74) is 1.04. The number of hydrogen-bond donors (Lipinski definition) is 1. The van der Waals surface area contributed by atoms with Gasteiger partial charge in [-0.15, -0.1) is 11.3 Å². The molecule has 1 N–H and O–H groups in total. The van der Waals surface area contributed by atoms with Crippen molar-refractivity contribution in [3.05, 3.63) is 23.2 Å². The summed E-state index contributed by atoms with van der Waals surface area (Å²) < 4.78 is 1.13. The Balaban J connectivity index is 2.45. The van der Waals surface area contributed by atoms with E-state index < -0.39 is 0 Å². The predicted molar refractivity (Wildman–Crippen MR) is 54.2 cm³/mol. The number of carbonyl (C=O) groups excluding carboxylic acids is 1. The number of rotatable bonds is 1. The molecule has 0 bridgehead atoms. The zero-order valence-electron chi connectivity index (χ0n) is 7.50. The van der Waals surface area contributed by atoms with Gasteiger partial charge in [-0.1, -0.05) is 0 Å². The molecule has 13 heavy (non-hydrogen) atoms. The van der Waals surface area contributed by atoms with Gasteiger partial charge in [0.2, 0.25) is 0 Å². The van der Waals surface area contributed by atoms with Gasteiger partial charge < -0.3 is 9.88 Å². The van der Waals surface area contributed by atoms with Gasteiger partial charge >= 0.3 is 0 Å². The van der Waals surface area contributed by atoms with Crippen molar-refractivity contribution < 1.29 is 4.79 Å². The van der Waals surface area contributed by atoms with Crippen LogP contribution in [0.15, 0.2) is 18.3 Å². The van der Waals surface area contributed by atoms with Crippen LogP contribution < -0.4 is 0 Å². The molecule has 0 atom stereocenters. The molecule has 2 rings (SSSR count). The molecule has 1 amide bonds. The summed E-state index contributed by atoms with van der Waals surface area (Å²) in [5.74, 6) is 0.0644. The zero-order chi connectivity index (χ0) is 9.42. The maximum Gasteiger partial charge on any atom is 0.263 e. The number of nitrogens with one attached hydrogen (secondary N) is 1. The molecule has 3 nitrogen and oxygen atoms in total. The van der Waals surface area contributed by atoms with Crippen LogP contribution in [0.2, 0.25) is 0 Å². The first-order chi connectivity index (χ1) is 6.18. The lowest BCUT2D eigenvalue weighted by Gasteiger charge is -2.06. The normalized spacial score (nSPS) is 10.6. The van der Waals surface area contributed by atoms with Gasteiger partial charge in [0.15, 0.2) is 0 Å². The summed E-state index contributed by atoms with van der Waals surface area (Å²) in [6.45, 7) is 0. The molecule has 4 heteroatoms. The number of hydrogen-bond acceptors (Lipinski definition) is 2. The van der Waals surface area contributed by atoms with E-state index in [4.69, 9.17) is 0 Å². The van der Waals surface area contributed by atoms with Crippen molar-refractivity contribution in [1.82, 2.24) is 9.88 Å². The van der Waals surface area contributed by atoms with Crippen molar-refractivity contribution in [3.8, 4) is 0 Å². The van der Waals surface area contributed by atoms with Gasteiger partial charge in [-0.3, -0.25) is 4.79 Å². The Kier molecular flexibility index (Phi) is 1.84. The Hall–Kier alpha value is -1.29. The topological polar surface area (TPSA) is 36.1 Å². The van der Waals surface area contributed by atoms with Gasteiger partial charge in [0, 0.05) is 20.3 Å². The maximum atomic E-state index is 11.5. The number of aromatic nitrogens is 1. The molecule has 0 aliphatic heterocycles. The predicted octanol–water partition coefficient (Wildman–Crippen LogP) is 1.93. The molecule has 0 fully saturated rings. The van der Waals surface area contributed by atoms with Gasteiger partial charge in [0.25, 0.3) is 5.91 Å². The Labute approximate surface area is 80.0 Å². The fourth-order valence-corrected chi connectivity index (χ4v) is 2.22. The maximum absolute atomic E-state index is 11.5. The standard InChI is InChI=1S/C9H10N2OS/c1-11(2)9(12)8-5-6-7(13-8)3-4-10-6/h3-5,10H,1-2H3. The lowest BCUT2D eigenvalue weighted by atomic mass is 10.4. The van der Waals surface area contributed by atoms with Gasteiger partial charge in [-0.2, -0.15) is 0 Å². The molecule has 2 heterocycles. The van der Waals surface area contributed by atoms with Gasteiger partial charge in [0.05, 0.1) is 15.1 Å². The second-order valence-electron chi connectivity index (χ2n) is 3.07. The highest BCUT2D eigenvalue weighted by Gasteiger charge is 2.11. The molecule has 0 saturated heterocycles. The van der Waals surface area contributed by atoms with Crippen molar-refractivity contribution in [3.63, 3.8) is 0 Å². The van der Waals surface area contributed by atoms with Crippen molar-refractivity contribution in [2.75, 3.05) is 14.1 Å². The van der Waals surface area contributed by atoms with Crippen LogP contribution in [0, 0.1) is 0 Å². The van der Waals surface area contributed by atoms with E-state index >= 15 is 0 Å². The van der Waals surface area contributed by atoms with E-state index in [1.165, 1.54) is 11.3 Å². The summed E-state index contributed by atoms with van der Waals surface area (Å²) in [6, 6.07) is 3.87. The minimum Gasteiger partial charge on any atom is -0.360 e. The summed E-state index contributed by atoms with van der Waals surface area (Å²) in [4.78, 5) is 17.0. The summed E-state index contributed by atoms with van der Waals surface area (Å²) in [5, 5.41) is 0. The molecule has 2 aromatic rings. The molecular formula is C9H10N2OS. The Morgan fingerprint density at radius 3 is 2.92 bits per heavy atom. The van der Waals surface area contributed by atoms with Crippen molar-refractivity contribution in [1.29, 1.82) is 0 Å². The molecule has 0 spiro atoms. The molecule has 0 saturated carbocycles. The van der Waals surface area contributed by atoms with Crippen LogP contribution in [-0.4, -0.2) is 29.9 Å². The van der Waals surface area contributed by atoms with Crippen LogP contribution in [0.5, 0.6) is 0 Å². The average molecular weight is 194 g/mol. The minimum absolute atomic E-state index is 0.0644. The molecule has 0 aromatic carbocycles. The molecule has 68 valence electrons. The molecule has 0 aliphatic rings. The lowest BCUT2D eigenvalue weighted by Crippen LogP contribution is -2.20. The molecular weight excluding hydrogens is 184 g/mol. The van der Waals surface area contributed by atoms with Crippen LogP contribution in [-0.2, 0) is 0 Å². The third-order valence-electron chi connectivity index (χ3n) is 1.85. The Morgan fingerprint density at radius 2 is 2.31 bits per heavy atom. The summed E-state index contributed by atoms with van der Waals surface area (Å²) in [6.07, 6.45) is 1.88. The van der Waals surface area contributed by atoms with Crippen LogP contribution >= 0.6 is 11.3 Å². The van der Waals surface area contributed by atoms with Crippen LogP contribution in [0.3, 0.4) is 0 Å². The average Bonchev–Trinajstić information content (AvgIpc) is 2.59. The Bertz CT molecular complexity index is 413. The first-order valence-electron chi connectivity index (χ1n) is 3.97. The fraction of sp³-hybridized carbons (Fsp3) is 0.222. The largest absolute Gasteiger partial charge is 0.360 e. The number of H-pyrrole nitrogens is 1. The highest BCUT2D eigenvalue weighted by molar-refractivity contribution is 7.20. The first kappa shape index (κ1) is 8.31. The minimum atomic E-state index is 0.0644. The smallest absolute Gasteiger partial charge is 0.263 e. The SMILES string of the molecule is CN(C)C(=O)c1cc2[nH]ccc2s1. The summed E-state index contributed by atoms with van der Waals surface area (Å²) >= 11 is 1.52. The van der Waals surface area contributed by atoms with Gasteiger partial charge in [-0.05, 0) is 12.1 Å². The van der Waals surface area contributed by atoms with E-state index in [0.29, 0.717) is 0 Å². The summed E-state index contributed by atoms with van der Waals surface area (Å²) in [7, 11) is 3.52. The number of carbonyl (C=O) groups is 1. The third kappa shape index (κ3) is 1.33. The number of amides is 1. The zero-order valence-corrected chi connectivity index (χ0v) is 8.31. The second-order valence-corrected chi connectivity index (χ2v) is 4.15. The van der Waals surface area contributed by atoms with E-state index in [0.717, 1.165) is 15.1 Å². The highest BCUT2D eigenvalue weighted by Crippen LogP contribution is 2.24. The molecule has 0 aliphatic carbocycles. The van der Waals surface area contributed by atoms with Crippen molar-refractivity contribution >= 4 is 27.5 Å². The van der Waals surface area contributed by atoms with E-state index in [1.54, 1.807) is 19.0 Å². The van der Waals surface area contributed by atoms with Gasteiger partial charge in [0.1, 0.15) is 0 Å². The lowest BCUT2D eigenvalue weighted by molar-refractivity contribution is 0.0832. The van der Waals surface area contributed by atoms with Crippen LogP contribution in [0.1, 0.15) is 9.67 Å². The number of fused-ring (bicyclic) bond motifs is 1. The van der Waals surface area contributed by atoms with Gasteiger partial charge in [-0.25, -0.2) is 0 Å². The van der Waals surface area contributed by atoms with E-state index in [-0.39, 0.29) is 5.91 Å². The number of aromatic amines is 1. The quantitative estimate of drug-likeness (QED) is 0.739. The fourth-order valence-electron chi connectivity index (χ4n) is 1.17. The highest BCUT2D eigenvalue weighted by atomic mass is 32.1. The van der Waals surface area contributed by atoms with Crippen molar-refractivity contribution in [2.45, 2.75) is 0 Å². The molecule has 0 unspecified atom stereocenters. The van der Waals surface area contributed by atoms with Crippen LogP contribution in [0.4, 0.5) is 0 Å². The van der Waals surface area contributed by atoms with E-state index in [9.17, 15) is 4.79 Å². The van der Waals surface area contributed by atoms with E-state index in [1.807, 2.05) is 18.3 Å². The Morgan fingerprint density at radius 1 is 1.54 bits per heavy atom. The molecule has 0 radical (unpaired) electrons. The monoisotopic (exact) mass is 194 g/mol. The third-order valence-corrected chi connectivity index (χ3v) is 2.94. The number of thiophene rings is 1. The first-order valence-corrected chi connectivity index (χ1v) is 4.78. The van der Waals surface area contributed by atoms with E-state index in [2.05, 4.69) is 4.98 Å².